The summed E-state index contributed by atoms with van der Waals surface area (Å²) in [6.45, 7) is 7.59. The van der Waals surface area contributed by atoms with E-state index in [1.807, 2.05) is 38.1 Å². The van der Waals surface area contributed by atoms with Gasteiger partial charge in [-0.1, -0.05) is 24.3 Å². The van der Waals surface area contributed by atoms with E-state index in [0.29, 0.717) is 24.7 Å². The van der Waals surface area contributed by atoms with Crippen LogP contribution in [0.1, 0.15) is 31.9 Å². The summed E-state index contributed by atoms with van der Waals surface area (Å²) in [4.78, 5) is 28.2. The average molecular weight is 598 g/mol. The number of hydrogen-bond acceptors (Lipinski definition) is 7. The lowest BCUT2D eigenvalue weighted by Gasteiger charge is -2.32. The van der Waals surface area contributed by atoms with E-state index in [0.717, 1.165) is 15.4 Å². The maximum Gasteiger partial charge on any atom is 0.264 e. The van der Waals surface area contributed by atoms with Crippen molar-refractivity contribution in [2.75, 3.05) is 38.2 Å². The first-order valence-electron chi connectivity index (χ1n) is 13.7. The van der Waals surface area contributed by atoms with Crippen LogP contribution in [0.15, 0.2) is 71.6 Å². The fourth-order valence-corrected chi connectivity index (χ4v) is 5.81. The molecule has 0 aliphatic carbocycles. The molecule has 3 aromatic carbocycles. The van der Waals surface area contributed by atoms with Gasteiger partial charge in [0, 0.05) is 19.2 Å². The molecule has 0 unspecified atom stereocenters. The van der Waals surface area contributed by atoms with Crippen LogP contribution in [0.25, 0.3) is 0 Å². The number of methoxy groups -OCH3 is 2. The van der Waals surface area contributed by atoms with Gasteiger partial charge in [-0.3, -0.25) is 13.9 Å². The van der Waals surface area contributed by atoms with Crippen LogP contribution in [0.4, 0.5) is 5.69 Å². The van der Waals surface area contributed by atoms with E-state index in [2.05, 4.69) is 5.32 Å². The highest BCUT2D eigenvalue weighted by molar-refractivity contribution is 7.92. The molecule has 3 rings (SSSR count). The first-order chi connectivity index (χ1) is 20.1. The average Bonchev–Trinajstić information content (AvgIpc) is 2.99. The van der Waals surface area contributed by atoms with Gasteiger partial charge in [0.05, 0.1) is 31.4 Å². The summed E-state index contributed by atoms with van der Waals surface area (Å²) >= 11 is 0. The lowest BCUT2D eigenvalue weighted by molar-refractivity contribution is -0.139. The van der Waals surface area contributed by atoms with Crippen LogP contribution < -0.4 is 23.8 Å². The highest BCUT2D eigenvalue weighted by Crippen LogP contribution is 2.33. The Bertz CT molecular complexity index is 1480. The summed E-state index contributed by atoms with van der Waals surface area (Å²) < 4.78 is 45.4. The van der Waals surface area contributed by atoms with Crippen LogP contribution in [0.2, 0.25) is 0 Å². The maximum absolute atomic E-state index is 14.1. The van der Waals surface area contributed by atoms with E-state index in [9.17, 15) is 18.0 Å². The Hall–Kier alpha value is -4.25. The van der Waals surface area contributed by atoms with Crippen LogP contribution in [0.3, 0.4) is 0 Å². The molecule has 3 aromatic rings. The van der Waals surface area contributed by atoms with E-state index in [-0.39, 0.29) is 28.8 Å². The van der Waals surface area contributed by atoms with Gasteiger partial charge in [-0.05, 0) is 75.2 Å². The Labute approximate surface area is 248 Å². The van der Waals surface area contributed by atoms with Gasteiger partial charge < -0.3 is 24.4 Å². The second kappa shape index (κ2) is 14.6. The highest BCUT2D eigenvalue weighted by atomic mass is 32.2. The minimum Gasteiger partial charge on any atom is -0.494 e. The number of rotatable bonds is 14. The zero-order valence-electron chi connectivity index (χ0n) is 24.9. The zero-order chi connectivity index (χ0) is 30.9. The van der Waals surface area contributed by atoms with Crippen LogP contribution in [-0.4, -0.2) is 65.1 Å². The molecular formula is C31H39N3O7S. The second-order valence-electron chi connectivity index (χ2n) is 9.47. The molecule has 0 bridgehead atoms. The van der Waals surface area contributed by atoms with Gasteiger partial charge in [0.15, 0.2) is 11.5 Å². The lowest BCUT2D eigenvalue weighted by Crippen LogP contribution is -2.51. The van der Waals surface area contributed by atoms with Gasteiger partial charge in [0.1, 0.15) is 18.3 Å². The van der Waals surface area contributed by atoms with Crippen molar-refractivity contribution in [3.63, 3.8) is 0 Å². The number of ether oxygens (including phenoxy) is 3. The molecule has 10 nitrogen and oxygen atoms in total. The number of benzene rings is 3. The van der Waals surface area contributed by atoms with E-state index in [4.69, 9.17) is 14.2 Å². The Morgan fingerprint density at radius 3 is 2.19 bits per heavy atom. The van der Waals surface area contributed by atoms with Crippen molar-refractivity contribution >= 4 is 27.5 Å². The number of hydrogen-bond donors (Lipinski definition) is 1. The third-order valence-electron chi connectivity index (χ3n) is 6.78. The van der Waals surface area contributed by atoms with Gasteiger partial charge in [-0.25, -0.2) is 8.42 Å². The maximum atomic E-state index is 14.1. The molecular weight excluding hydrogens is 558 g/mol. The Kier molecular flexibility index (Phi) is 11.2. The summed E-state index contributed by atoms with van der Waals surface area (Å²) in [6, 6.07) is 17.4. The molecule has 0 aliphatic rings. The molecule has 0 heterocycles. The van der Waals surface area contributed by atoms with Crippen LogP contribution >= 0.6 is 0 Å². The predicted molar refractivity (Wildman–Crippen MR) is 162 cm³/mol. The first-order valence-corrected chi connectivity index (χ1v) is 15.1. The predicted octanol–water partition coefficient (Wildman–Crippen LogP) is 4.16. The van der Waals surface area contributed by atoms with Crippen LogP contribution in [0.5, 0.6) is 17.2 Å². The van der Waals surface area contributed by atoms with Gasteiger partial charge in [0.25, 0.3) is 10.0 Å². The molecule has 42 heavy (non-hydrogen) atoms. The number of aryl methyl sites for hydroxylation is 1. The Morgan fingerprint density at radius 2 is 1.60 bits per heavy atom. The number of carbonyl (C=O) groups excluding carboxylic acids is 2. The minimum absolute atomic E-state index is 0.0935. The van der Waals surface area contributed by atoms with E-state index < -0.39 is 28.5 Å². The van der Waals surface area contributed by atoms with Crippen molar-refractivity contribution in [3.8, 4) is 17.2 Å². The van der Waals surface area contributed by atoms with Gasteiger partial charge in [-0.15, -0.1) is 0 Å². The summed E-state index contributed by atoms with van der Waals surface area (Å²) in [7, 11) is -1.43. The molecule has 1 atom stereocenters. The number of carbonyl (C=O) groups is 2. The second-order valence-corrected chi connectivity index (χ2v) is 11.3. The lowest BCUT2D eigenvalue weighted by atomic mass is 10.1. The number of amides is 2. The standard InChI is InChI=1S/C31H39N3O7S/c1-7-32-31(36)23(4)33(20-24-12-10-9-11-22(24)3)30(35)21-34(25-13-15-26(16-14-25)41-8-2)42(37,38)27-17-18-28(39-5)29(19-27)40-6/h9-19,23H,7-8,20-21H2,1-6H3,(H,32,36)/t23-/m1/s1. The third kappa shape index (κ3) is 7.52. The normalized spacial score (nSPS) is 11.8. The quantitative estimate of drug-likeness (QED) is 0.297. The summed E-state index contributed by atoms with van der Waals surface area (Å²) in [5, 5.41) is 2.76. The smallest absolute Gasteiger partial charge is 0.264 e. The van der Waals surface area contributed by atoms with E-state index in [1.165, 1.54) is 37.3 Å². The van der Waals surface area contributed by atoms with Gasteiger partial charge >= 0.3 is 0 Å². The van der Waals surface area contributed by atoms with E-state index >= 15 is 0 Å². The number of sulfonamides is 1. The highest BCUT2D eigenvalue weighted by Gasteiger charge is 2.33. The topological polar surface area (TPSA) is 114 Å². The van der Waals surface area contributed by atoms with Crippen molar-refractivity contribution in [2.45, 2.75) is 45.2 Å². The van der Waals surface area contributed by atoms with Crippen LogP contribution in [0, 0.1) is 6.92 Å². The molecule has 2 amide bonds. The zero-order valence-corrected chi connectivity index (χ0v) is 25.7. The molecule has 0 aliphatic heterocycles. The van der Waals surface area contributed by atoms with Crippen molar-refractivity contribution < 1.29 is 32.2 Å². The summed E-state index contributed by atoms with van der Waals surface area (Å²) in [5.41, 5.74) is 2.04. The molecule has 0 fully saturated rings. The Balaban J connectivity index is 2.09. The Morgan fingerprint density at radius 1 is 0.929 bits per heavy atom. The van der Waals surface area contributed by atoms with Crippen molar-refractivity contribution in [3.05, 3.63) is 77.9 Å². The molecule has 0 saturated heterocycles. The largest absolute Gasteiger partial charge is 0.494 e. The van der Waals surface area contributed by atoms with Crippen LogP contribution in [-0.2, 0) is 26.2 Å². The first kappa shape index (κ1) is 32.3. The van der Waals surface area contributed by atoms with E-state index in [1.54, 1.807) is 38.1 Å². The molecule has 226 valence electrons. The number of anilines is 1. The fourth-order valence-electron chi connectivity index (χ4n) is 4.38. The third-order valence-corrected chi connectivity index (χ3v) is 8.55. The van der Waals surface area contributed by atoms with Crippen molar-refractivity contribution in [2.24, 2.45) is 0 Å². The summed E-state index contributed by atoms with van der Waals surface area (Å²) in [5.74, 6) is 0.259. The van der Waals surface area contributed by atoms with Crippen molar-refractivity contribution in [1.29, 1.82) is 0 Å². The number of likely N-dealkylation sites (N-methyl/N-ethyl adjacent to an activating group) is 1. The fraction of sp³-hybridized carbons (Fsp3) is 0.355. The number of nitrogens with one attached hydrogen (secondary N) is 1. The summed E-state index contributed by atoms with van der Waals surface area (Å²) in [6.07, 6.45) is 0. The molecule has 0 aromatic heterocycles. The van der Waals surface area contributed by atoms with Crippen molar-refractivity contribution in [1.82, 2.24) is 10.2 Å². The molecule has 11 heteroatoms. The van der Waals surface area contributed by atoms with Gasteiger partial charge in [0.2, 0.25) is 11.8 Å². The minimum atomic E-state index is -4.29. The number of nitrogens with zero attached hydrogens (tertiary/aromatic N) is 2. The molecule has 0 spiro atoms. The van der Waals surface area contributed by atoms with Gasteiger partial charge in [-0.2, -0.15) is 0 Å². The molecule has 1 N–H and O–H groups in total. The molecule has 0 radical (unpaired) electrons. The molecule has 0 saturated carbocycles. The monoisotopic (exact) mass is 597 g/mol. The SMILES string of the molecule is CCNC(=O)[C@@H](C)N(Cc1ccccc1C)C(=O)CN(c1ccc(OCC)cc1)S(=O)(=O)c1ccc(OC)c(OC)c1.